The molecule has 0 spiro atoms. The van der Waals surface area contributed by atoms with Crippen LogP contribution in [-0.2, 0) is 0 Å². The molecule has 0 atom stereocenters. The molecule has 0 bridgehead atoms. The molecule has 0 aliphatic carbocycles. The highest BCUT2D eigenvalue weighted by Gasteiger charge is 2.08. The highest BCUT2D eigenvalue weighted by Crippen LogP contribution is 2.19. The van der Waals surface area contributed by atoms with Gasteiger partial charge in [-0.3, -0.25) is 4.79 Å². The number of benzene rings is 2. The Morgan fingerprint density at radius 3 is 2.76 bits per heavy atom. The van der Waals surface area contributed by atoms with Crippen LogP contribution in [0.4, 0.5) is 5.69 Å². The van der Waals surface area contributed by atoms with Crippen LogP contribution in [0.5, 0.6) is 5.75 Å². The van der Waals surface area contributed by atoms with E-state index in [9.17, 15) is 4.79 Å². The Bertz CT molecular complexity index is 613. The van der Waals surface area contributed by atoms with Crippen molar-refractivity contribution in [2.75, 3.05) is 11.9 Å². The second-order valence-corrected chi connectivity index (χ2v) is 5.83. The third kappa shape index (κ3) is 4.74. The molecule has 0 aromatic heterocycles. The van der Waals surface area contributed by atoms with Gasteiger partial charge >= 0.3 is 0 Å². The van der Waals surface area contributed by atoms with Gasteiger partial charge in [0.1, 0.15) is 5.75 Å². The molecule has 1 amide bonds. The van der Waals surface area contributed by atoms with Gasteiger partial charge in [0.05, 0.1) is 12.3 Å². The Hall–Kier alpha value is -1.56. The van der Waals surface area contributed by atoms with E-state index in [4.69, 9.17) is 4.74 Å². The third-order valence-electron chi connectivity index (χ3n) is 2.98. The monoisotopic (exact) mass is 395 g/mol. The molecule has 0 radical (unpaired) electrons. The molecular formula is C17H18INO2. The number of ether oxygens (including phenoxy) is 1. The topological polar surface area (TPSA) is 38.3 Å². The molecule has 2 rings (SSSR count). The molecule has 0 fully saturated rings. The number of para-hydroxylation sites is 1. The Balaban J connectivity index is 2.05. The summed E-state index contributed by atoms with van der Waals surface area (Å²) in [5.41, 5.74) is 1.42. The van der Waals surface area contributed by atoms with E-state index in [1.807, 2.05) is 36.4 Å². The molecule has 2 aromatic carbocycles. The number of anilines is 1. The van der Waals surface area contributed by atoms with Gasteiger partial charge in [0, 0.05) is 9.13 Å². The number of halogens is 1. The minimum Gasteiger partial charge on any atom is -0.494 e. The number of unbranched alkanes of at least 4 members (excludes halogenated alkanes) is 1. The number of hydrogen-bond donors (Lipinski definition) is 1. The van der Waals surface area contributed by atoms with Gasteiger partial charge in [-0.15, -0.1) is 0 Å². The molecule has 3 nitrogen and oxygen atoms in total. The molecule has 0 aliphatic rings. The van der Waals surface area contributed by atoms with Crippen LogP contribution in [0, 0.1) is 3.57 Å². The fraction of sp³-hybridized carbons (Fsp3) is 0.235. The summed E-state index contributed by atoms with van der Waals surface area (Å²) in [5, 5.41) is 2.92. The van der Waals surface area contributed by atoms with E-state index in [-0.39, 0.29) is 5.91 Å². The Kier molecular flexibility index (Phi) is 6.04. The fourth-order valence-electron chi connectivity index (χ4n) is 1.82. The lowest BCUT2D eigenvalue weighted by Gasteiger charge is -2.09. The van der Waals surface area contributed by atoms with Crippen molar-refractivity contribution in [3.05, 3.63) is 57.7 Å². The van der Waals surface area contributed by atoms with Crippen LogP contribution in [0.3, 0.4) is 0 Å². The standard InChI is InChI=1S/C17H18INO2/c1-2-3-11-21-14-8-6-7-13(12-14)17(20)19-16-10-5-4-9-15(16)18/h4-10,12H,2-3,11H2,1H3,(H,19,20). The predicted octanol–water partition coefficient (Wildman–Crippen LogP) is 4.72. The molecule has 0 saturated heterocycles. The van der Waals surface area contributed by atoms with E-state index in [0.29, 0.717) is 12.2 Å². The first kappa shape index (κ1) is 15.8. The van der Waals surface area contributed by atoms with Crippen LogP contribution in [0.25, 0.3) is 0 Å². The smallest absolute Gasteiger partial charge is 0.255 e. The molecule has 0 unspecified atom stereocenters. The first-order valence-corrected chi connectivity index (χ1v) is 8.07. The lowest BCUT2D eigenvalue weighted by Crippen LogP contribution is -2.12. The zero-order valence-electron chi connectivity index (χ0n) is 11.9. The molecule has 4 heteroatoms. The van der Waals surface area contributed by atoms with Crippen molar-refractivity contribution >= 4 is 34.2 Å². The zero-order chi connectivity index (χ0) is 15.1. The van der Waals surface area contributed by atoms with Crippen LogP contribution in [0.15, 0.2) is 48.5 Å². The quantitative estimate of drug-likeness (QED) is 0.568. The first-order chi connectivity index (χ1) is 10.2. The predicted molar refractivity (Wildman–Crippen MR) is 94.0 cm³/mol. The Labute approximate surface area is 138 Å². The normalized spacial score (nSPS) is 10.2. The van der Waals surface area contributed by atoms with Crippen molar-refractivity contribution in [2.24, 2.45) is 0 Å². The van der Waals surface area contributed by atoms with Crippen LogP contribution < -0.4 is 10.1 Å². The van der Waals surface area contributed by atoms with Gasteiger partial charge in [-0.2, -0.15) is 0 Å². The van der Waals surface area contributed by atoms with Crippen LogP contribution >= 0.6 is 22.6 Å². The highest BCUT2D eigenvalue weighted by atomic mass is 127. The second-order valence-electron chi connectivity index (χ2n) is 4.66. The SMILES string of the molecule is CCCCOc1cccc(C(=O)Nc2ccccc2I)c1. The lowest BCUT2D eigenvalue weighted by atomic mass is 10.2. The molecule has 0 heterocycles. The molecule has 0 aliphatic heterocycles. The van der Waals surface area contributed by atoms with E-state index in [2.05, 4.69) is 34.8 Å². The summed E-state index contributed by atoms with van der Waals surface area (Å²) in [6.45, 7) is 2.80. The van der Waals surface area contributed by atoms with Crippen molar-refractivity contribution in [2.45, 2.75) is 19.8 Å². The van der Waals surface area contributed by atoms with E-state index in [1.165, 1.54) is 0 Å². The lowest BCUT2D eigenvalue weighted by molar-refractivity contribution is 0.102. The van der Waals surface area contributed by atoms with Gasteiger partial charge in [0.15, 0.2) is 0 Å². The fourth-order valence-corrected chi connectivity index (χ4v) is 2.34. The minimum absolute atomic E-state index is 0.125. The molecule has 0 saturated carbocycles. The number of rotatable bonds is 6. The summed E-state index contributed by atoms with van der Waals surface area (Å²) < 4.78 is 6.64. The number of carbonyl (C=O) groups excluding carboxylic acids is 1. The van der Waals surface area contributed by atoms with Gasteiger partial charge in [0.25, 0.3) is 5.91 Å². The largest absolute Gasteiger partial charge is 0.494 e. The second kappa shape index (κ2) is 8.02. The van der Waals surface area contributed by atoms with E-state index in [0.717, 1.165) is 27.8 Å². The van der Waals surface area contributed by atoms with Crippen molar-refractivity contribution in [1.82, 2.24) is 0 Å². The Morgan fingerprint density at radius 2 is 2.00 bits per heavy atom. The van der Waals surface area contributed by atoms with E-state index >= 15 is 0 Å². The summed E-state index contributed by atoms with van der Waals surface area (Å²) in [4.78, 5) is 12.3. The van der Waals surface area contributed by atoms with Crippen LogP contribution in [-0.4, -0.2) is 12.5 Å². The van der Waals surface area contributed by atoms with Gasteiger partial charge in [0.2, 0.25) is 0 Å². The van der Waals surface area contributed by atoms with E-state index in [1.54, 1.807) is 12.1 Å². The maximum absolute atomic E-state index is 12.3. The maximum Gasteiger partial charge on any atom is 0.255 e. The molecule has 110 valence electrons. The molecular weight excluding hydrogens is 377 g/mol. The number of amides is 1. The average Bonchev–Trinajstić information content (AvgIpc) is 2.50. The van der Waals surface area contributed by atoms with Gasteiger partial charge < -0.3 is 10.1 Å². The molecule has 2 aromatic rings. The Morgan fingerprint density at radius 1 is 1.19 bits per heavy atom. The number of carbonyl (C=O) groups is 1. The van der Waals surface area contributed by atoms with Crippen molar-refractivity contribution in [3.63, 3.8) is 0 Å². The van der Waals surface area contributed by atoms with Gasteiger partial charge in [-0.1, -0.05) is 31.5 Å². The summed E-state index contributed by atoms with van der Waals surface area (Å²) in [5.74, 6) is 0.610. The summed E-state index contributed by atoms with van der Waals surface area (Å²) in [6, 6.07) is 15.0. The number of nitrogens with one attached hydrogen (secondary N) is 1. The van der Waals surface area contributed by atoms with Crippen LogP contribution in [0.2, 0.25) is 0 Å². The van der Waals surface area contributed by atoms with Crippen LogP contribution in [0.1, 0.15) is 30.1 Å². The molecule has 21 heavy (non-hydrogen) atoms. The highest BCUT2D eigenvalue weighted by molar-refractivity contribution is 14.1. The van der Waals surface area contributed by atoms with E-state index < -0.39 is 0 Å². The molecule has 1 N–H and O–H groups in total. The third-order valence-corrected chi connectivity index (χ3v) is 3.93. The average molecular weight is 395 g/mol. The summed E-state index contributed by atoms with van der Waals surface area (Å²) in [7, 11) is 0. The number of hydrogen-bond acceptors (Lipinski definition) is 2. The van der Waals surface area contributed by atoms with Gasteiger partial charge in [-0.05, 0) is 59.3 Å². The summed E-state index contributed by atoms with van der Waals surface area (Å²) >= 11 is 2.20. The first-order valence-electron chi connectivity index (χ1n) is 6.99. The van der Waals surface area contributed by atoms with Gasteiger partial charge in [-0.25, -0.2) is 0 Å². The maximum atomic E-state index is 12.3. The minimum atomic E-state index is -0.125. The zero-order valence-corrected chi connectivity index (χ0v) is 14.1. The van der Waals surface area contributed by atoms with Crippen molar-refractivity contribution in [3.8, 4) is 5.75 Å². The van der Waals surface area contributed by atoms with Crippen molar-refractivity contribution < 1.29 is 9.53 Å². The summed E-state index contributed by atoms with van der Waals surface area (Å²) in [6.07, 6.45) is 2.10. The van der Waals surface area contributed by atoms with Crippen molar-refractivity contribution in [1.29, 1.82) is 0 Å².